The number of hydrogen-bond donors (Lipinski definition) is 2. The number of aliphatic carboxylic acids is 1. The van der Waals surface area contributed by atoms with E-state index in [0.29, 0.717) is 36.5 Å². The summed E-state index contributed by atoms with van der Waals surface area (Å²) >= 11 is 0. The monoisotopic (exact) mass is 523 g/mol. The van der Waals surface area contributed by atoms with E-state index in [9.17, 15) is 23.2 Å². The summed E-state index contributed by atoms with van der Waals surface area (Å²) in [6.07, 6.45) is -5.08. The second-order valence-corrected chi connectivity index (χ2v) is 8.04. The van der Waals surface area contributed by atoms with Gasteiger partial charge in [-0.25, -0.2) is 4.79 Å². The summed E-state index contributed by atoms with van der Waals surface area (Å²) in [5.74, 6) is -2.11. The van der Waals surface area contributed by atoms with E-state index in [1.807, 2.05) is 54.6 Å². The lowest BCUT2D eigenvalue weighted by atomic mass is 9.97. The first-order valence-electron chi connectivity index (χ1n) is 11.4. The van der Waals surface area contributed by atoms with Crippen LogP contribution in [0.4, 0.5) is 13.2 Å². The maximum absolute atomic E-state index is 13.3. The van der Waals surface area contributed by atoms with Gasteiger partial charge in [-0.1, -0.05) is 60.7 Å². The zero-order valence-corrected chi connectivity index (χ0v) is 20.3. The molecule has 1 heterocycles. The van der Waals surface area contributed by atoms with Crippen LogP contribution in [0.1, 0.15) is 11.3 Å². The summed E-state index contributed by atoms with van der Waals surface area (Å²) in [7, 11) is 1.59. The van der Waals surface area contributed by atoms with Crippen LogP contribution in [0, 0.1) is 11.3 Å². The summed E-state index contributed by atoms with van der Waals surface area (Å²) < 4.78 is 38.7. The van der Waals surface area contributed by atoms with E-state index >= 15 is 0 Å². The Morgan fingerprint density at radius 3 is 2.18 bits per heavy atom. The van der Waals surface area contributed by atoms with E-state index in [-0.39, 0.29) is 5.56 Å². The predicted octanol–water partition coefficient (Wildman–Crippen LogP) is 4.97. The number of fused-ring (bicyclic) bond motifs is 1. The number of hydrogen-bond acceptors (Lipinski definition) is 5. The van der Waals surface area contributed by atoms with E-state index in [1.54, 1.807) is 23.8 Å². The van der Waals surface area contributed by atoms with E-state index in [4.69, 9.17) is 14.6 Å². The molecule has 3 aromatic carbocycles. The number of rotatable bonds is 7. The van der Waals surface area contributed by atoms with Gasteiger partial charge in [0, 0.05) is 36.0 Å². The third-order valence-electron chi connectivity index (χ3n) is 5.57. The van der Waals surface area contributed by atoms with Crippen molar-refractivity contribution in [1.82, 2.24) is 9.88 Å². The van der Waals surface area contributed by atoms with Crippen molar-refractivity contribution in [2.75, 3.05) is 13.7 Å². The van der Waals surface area contributed by atoms with Crippen molar-refractivity contribution in [2.45, 2.75) is 19.3 Å². The number of halogens is 3. The maximum atomic E-state index is 13.3. The number of nitrogens with zero attached hydrogens (tertiary/aromatic N) is 2. The number of benzene rings is 3. The Morgan fingerprint density at radius 1 is 1.03 bits per heavy atom. The number of aromatic nitrogens is 1. The van der Waals surface area contributed by atoms with Gasteiger partial charge >= 0.3 is 12.1 Å². The number of carboxylic acid groups (broad SMARTS) is 1. The Morgan fingerprint density at radius 2 is 1.63 bits per heavy atom. The summed E-state index contributed by atoms with van der Waals surface area (Å²) in [5.41, 5.74) is 3.00. The smallest absolute Gasteiger partial charge is 0.490 e. The topological polar surface area (TPSA) is 104 Å². The molecule has 0 aliphatic carbocycles. The Bertz CT molecular complexity index is 1500. The third-order valence-corrected chi connectivity index (χ3v) is 5.57. The molecule has 0 radical (unpaired) electrons. The van der Waals surface area contributed by atoms with Gasteiger partial charge in [0.1, 0.15) is 17.5 Å². The number of alkyl halides is 3. The van der Waals surface area contributed by atoms with Crippen molar-refractivity contribution in [3.05, 3.63) is 100 Å². The number of carboxylic acids is 1. The van der Waals surface area contributed by atoms with Gasteiger partial charge in [0.15, 0.2) is 0 Å². The van der Waals surface area contributed by atoms with Crippen molar-refractivity contribution in [2.24, 2.45) is 0 Å². The fourth-order valence-corrected chi connectivity index (χ4v) is 3.80. The van der Waals surface area contributed by atoms with Crippen molar-refractivity contribution >= 4 is 16.7 Å². The normalized spacial score (nSPS) is 10.8. The summed E-state index contributed by atoms with van der Waals surface area (Å²) in [6, 6.07) is 27.5. The quantitative estimate of drug-likeness (QED) is 0.332. The standard InChI is InChI=1S/C26H23N3O2.C2HF3O2/c1-31-21-12-13-22-23(16-21)25(20-10-6-3-7-11-20)24(17-27)29(26(22)30)15-14-28-18-19-8-4-2-5-9-19;3-2(4,5)1(6)7/h2-13,16,28H,14-15,18H2,1H3;(H,6,7). The Kier molecular flexibility index (Phi) is 9.24. The number of carbonyl (C=O) groups is 1. The molecule has 0 fully saturated rings. The first-order valence-corrected chi connectivity index (χ1v) is 11.4. The minimum Gasteiger partial charge on any atom is -0.497 e. The predicted molar refractivity (Wildman–Crippen MR) is 137 cm³/mol. The maximum Gasteiger partial charge on any atom is 0.490 e. The van der Waals surface area contributed by atoms with Gasteiger partial charge < -0.3 is 15.2 Å². The number of pyridine rings is 1. The largest absolute Gasteiger partial charge is 0.497 e. The molecule has 0 aliphatic heterocycles. The average Bonchev–Trinajstić information content (AvgIpc) is 2.92. The van der Waals surface area contributed by atoms with Gasteiger partial charge in [-0.3, -0.25) is 9.36 Å². The van der Waals surface area contributed by atoms with Crippen LogP contribution in [0.25, 0.3) is 21.9 Å². The summed E-state index contributed by atoms with van der Waals surface area (Å²) in [5, 5.41) is 21.8. The molecule has 0 unspecified atom stereocenters. The van der Waals surface area contributed by atoms with Crippen LogP contribution in [0.2, 0.25) is 0 Å². The Hall–Kier alpha value is -4.62. The van der Waals surface area contributed by atoms with Crippen LogP contribution in [0.5, 0.6) is 5.75 Å². The van der Waals surface area contributed by atoms with Crippen molar-refractivity contribution in [1.29, 1.82) is 5.26 Å². The van der Waals surface area contributed by atoms with Crippen molar-refractivity contribution in [3.63, 3.8) is 0 Å². The van der Waals surface area contributed by atoms with Crippen LogP contribution >= 0.6 is 0 Å². The molecule has 10 heteroatoms. The van der Waals surface area contributed by atoms with Gasteiger partial charge in [-0.05, 0) is 29.3 Å². The first kappa shape index (κ1) is 28.0. The molecule has 196 valence electrons. The number of nitriles is 1. The second kappa shape index (κ2) is 12.6. The highest BCUT2D eigenvalue weighted by atomic mass is 19.4. The zero-order valence-electron chi connectivity index (χ0n) is 20.3. The van der Waals surface area contributed by atoms with Gasteiger partial charge in [-0.15, -0.1) is 0 Å². The minimum atomic E-state index is -5.08. The lowest BCUT2D eigenvalue weighted by Gasteiger charge is -2.17. The summed E-state index contributed by atoms with van der Waals surface area (Å²) in [6.45, 7) is 1.67. The van der Waals surface area contributed by atoms with Gasteiger partial charge in [0.2, 0.25) is 0 Å². The fraction of sp³-hybridized carbons (Fsp3) is 0.179. The molecule has 1 aromatic heterocycles. The Balaban J connectivity index is 0.000000505. The van der Waals surface area contributed by atoms with E-state index in [0.717, 1.165) is 16.5 Å². The molecular formula is C28H24F3N3O4. The summed E-state index contributed by atoms with van der Waals surface area (Å²) in [4.78, 5) is 22.2. The second-order valence-electron chi connectivity index (χ2n) is 8.04. The molecule has 38 heavy (non-hydrogen) atoms. The minimum absolute atomic E-state index is 0.171. The van der Waals surface area contributed by atoms with E-state index in [2.05, 4.69) is 23.5 Å². The van der Waals surface area contributed by atoms with Gasteiger partial charge in [0.25, 0.3) is 5.56 Å². The molecule has 0 saturated carbocycles. The van der Waals surface area contributed by atoms with Crippen LogP contribution in [-0.2, 0) is 17.9 Å². The molecule has 0 aliphatic rings. The van der Waals surface area contributed by atoms with Gasteiger partial charge in [0.05, 0.1) is 7.11 Å². The molecule has 4 rings (SSSR count). The average molecular weight is 524 g/mol. The van der Waals surface area contributed by atoms with E-state index < -0.39 is 12.1 Å². The molecule has 4 aromatic rings. The van der Waals surface area contributed by atoms with Crippen LogP contribution < -0.4 is 15.6 Å². The molecule has 0 spiro atoms. The molecule has 2 N–H and O–H groups in total. The van der Waals surface area contributed by atoms with Gasteiger partial charge in [-0.2, -0.15) is 18.4 Å². The molecule has 7 nitrogen and oxygen atoms in total. The lowest BCUT2D eigenvalue weighted by molar-refractivity contribution is -0.192. The van der Waals surface area contributed by atoms with Crippen LogP contribution in [0.15, 0.2) is 83.7 Å². The highest BCUT2D eigenvalue weighted by molar-refractivity contribution is 5.99. The number of nitrogens with one attached hydrogen (secondary N) is 1. The molecule has 0 saturated heterocycles. The number of methoxy groups -OCH3 is 1. The molecule has 0 amide bonds. The SMILES string of the molecule is COc1ccc2c(=O)n(CCNCc3ccccc3)c(C#N)c(-c3ccccc3)c2c1.O=C(O)C(F)(F)F. The molecular weight excluding hydrogens is 499 g/mol. The lowest BCUT2D eigenvalue weighted by Crippen LogP contribution is -2.29. The highest BCUT2D eigenvalue weighted by Crippen LogP contribution is 2.32. The van der Waals surface area contributed by atoms with Crippen molar-refractivity contribution in [3.8, 4) is 22.9 Å². The third kappa shape index (κ3) is 6.78. The van der Waals surface area contributed by atoms with Crippen LogP contribution in [0.3, 0.4) is 0 Å². The molecule has 0 bridgehead atoms. The van der Waals surface area contributed by atoms with E-state index in [1.165, 1.54) is 5.56 Å². The van der Waals surface area contributed by atoms with Crippen molar-refractivity contribution < 1.29 is 27.8 Å². The highest BCUT2D eigenvalue weighted by Gasteiger charge is 2.38. The fourth-order valence-electron chi connectivity index (χ4n) is 3.80. The zero-order chi connectivity index (χ0) is 27.7. The molecule has 0 atom stereocenters. The van der Waals surface area contributed by atoms with Crippen LogP contribution in [-0.4, -0.2) is 35.5 Å². The Labute approximate surface area is 216 Å². The number of ether oxygens (including phenoxy) is 1. The first-order chi connectivity index (χ1) is 18.2.